The maximum absolute atomic E-state index is 11.5. The minimum atomic E-state index is -0.221. The Morgan fingerprint density at radius 1 is 1.40 bits per heavy atom. The molecule has 2 saturated heterocycles. The largest absolute Gasteiger partial charge is 0.329 e. The molecule has 0 aromatic heterocycles. The summed E-state index contributed by atoms with van der Waals surface area (Å²) in [5.74, 6) is 0.276. The number of hydrogen-bond acceptors (Lipinski definition) is 3. The molecule has 84 valence electrons. The molecule has 3 amide bonds. The molecule has 5 heteroatoms. The number of likely N-dealkylation sites (tertiary alicyclic amines) is 1. The Hall–Kier alpha value is -1.10. The molecule has 2 atom stereocenters. The summed E-state index contributed by atoms with van der Waals surface area (Å²) in [6.45, 7) is 4.16. The number of piperidine rings is 1. The average Bonchev–Trinajstić information content (AvgIpc) is 2.48. The van der Waals surface area contributed by atoms with E-state index in [0.717, 1.165) is 19.5 Å². The van der Waals surface area contributed by atoms with Crippen molar-refractivity contribution in [1.29, 1.82) is 0 Å². The van der Waals surface area contributed by atoms with Gasteiger partial charge in [-0.15, -0.1) is 0 Å². The van der Waals surface area contributed by atoms with Gasteiger partial charge in [-0.05, 0) is 25.9 Å². The zero-order valence-corrected chi connectivity index (χ0v) is 9.19. The Kier molecular flexibility index (Phi) is 2.65. The number of carbonyl (C=O) groups excluding carboxylic acids is 2. The monoisotopic (exact) mass is 211 g/mol. The van der Waals surface area contributed by atoms with Crippen LogP contribution in [-0.2, 0) is 4.79 Å². The Balaban J connectivity index is 2.09. The van der Waals surface area contributed by atoms with E-state index in [4.69, 9.17) is 0 Å². The first-order valence-electron chi connectivity index (χ1n) is 5.38. The molecule has 0 saturated carbocycles. The molecular formula is C10H17N3O2. The first kappa shape index (κ1) is 10.4. The molecule has 2 unspecified atom stereocenters. The van der Waals surface area contributed by atoms with Gasteiger partial charge in [0, 0.05) is 12.6 Å². The quantitative estimate of drug-likeness (QED) is 0.615. The van der Waals surface area contributed by atoms with Crippen molar-refractivity contribution in [2.75, 3.05) is 26.7 Å². The van der Waals surface area contributed by atoms with Crippen molar-refractivity contribution in [2.45, 2.75) is 19.4 Å². The third-order valence-corrected chi connectivity index (χ3v) is 3.27. The number of hydrogen-bond donors (Lipinski definition) is 1. The summed E-state index contributed by atoms with van der Waals surface area (Å²) in [7, 11) is 2.07. The van der Waals surface area contributed by atoms with Crippen LogP contribution in [0.5, 0.6) is 0 Å². The number of nitrogens with one attached hydrogen (secondary N) is 1. The van der Waals surface area contributed by atoms with E-state index in [9.17, 15) is 9.59 Å². The molecule has 2 aliphatic heterocycles. The van der Waals surface area contributed by atoms with Crippen LogP contribution in [0.4, 0.5) is 4.79 Å². The van der Waals surface area contributed by atoms with Crippen LogP contribution in [0.2, 0.25) is 0 Å². The van der Waals surface area contributed by atoms with Gasteiger partial charge in [-0.2, -0.15) is 0 Å². The predicted molar refractivity (Wildman–Crippen MR) is 55.3 cm³/mol. The summed E-state index contributed by atoms with van der Waals surface area (Å²) in [6.07, 6.45) is 0.886. The van der Waals surface area contributed by atoms with Gasteiger partial charge in [0.15, 0.2) is 0 Å². The number of carbonyl (C=O) groups is 2. The highest BCUT2D eigenvalue weighted by atomic mass is 16.2. The lowest BCUT2D eigenvalue weighted by atomic mass is 9.93. The Bertz CT molecular complexity index is 276. The van der Waals surface area contributed by atoms with Crippen LogP contribution in [0, 0.1) is 5.92 Å². The number of nitrogens with zero attached hydrogens (tertiary/aromatic N) is 2. The van der Waals surface area contributed by atoms with Crippen molar-refractivity contribution in [1.82, 2.24) is 15.1 Å². The molecule has 5 nitrogen and oxygen atoms in total. The molecule has 2 rings (SSSR count). The van der Waals surface area contributed by atoms with Crippen molar-refractivity contribution in [3.63, 3.8) is 0 Å². The molecule has 0 spiro atoms. The Morgan fingerprint density at radius 2 is 2.13 bits per heavy atom. The maximum Gasteiger partial charge on any atom is 0.324 e. The van der Waals surface area contributed by atoms with Crippen molar-refractivity contribution < 1.29 is 9.59 Å². The highest BCUT2D eigenvalue weighted by Crippen LogP contribution is 2.22. The van der Waals surface area contributed by atoms with Crippen LogP contribution >= 0.6 is 0 Å². The number of urea groups is 1. The second kappa shape index (κ2) is 3.81. The lowest BCUT2D eigenvalue weighted by Gasteiger charge is -2.38. The lowest BCUT2D eigenvalue weighted by molar-refractivity contribution is -0.128. The van der Waals surface area contributed by atoms with Gasteiger partial charge >= 0.3 is 6.03 Å². The minimum Gasteiger partial charge on any atom is -0.329 e. The normalized spacial score (nSPS) is 33.3. The zero-order chi connectivity index (χ0) is 11.0. The highest BCUT2D eigenvalue weighted by molar-refractivity contribution is 6.02. The average molecular weight is 211 g/mol. The molecule has 2 heterocycles. The van der Waals surface area contributed by atoms with Crippen molar-refractivity contribution in [3.8, 4) is 0 Å². The standard InChI is InChI=1S/C10H17N3O2/c1-7-6-12(2)4-3-8(7)13-9(14)5-11-10(13)15/h7-8H,3-6H2,1-2H3,(H,11,15). The summed E-state index contributed by atoms with van der Waals surface area (Å²) >= 11 is 0. The summed E-state index contributed by atoms with van der Waals surface area (Å²) in [4.78, 5) is 26.7. The first-order valence-corrected chi connectivity index (χ1v) is 5.38. The third-order valence-electron chi connectivity index (χ3n) is 3.27. The Morgan fingerprint density at radius 3 is 2.67 bits per heavy atom. The van der Waals surface area contributed by atoms with E-state index in [1.165, 1.54) is 4.90 Å². The number of amides is 3. The van der Waals surface area contributed by atoms with E-state index in [-0.39, 0.29) is 24.5 Å². The van der Waals surface area contributed by atoms with Crippen LogP contribution in [0.3, 0.4) is 0 Å². The SMILES string of the molecule is CC1CN(C)CCC1N1C(=O)CNC1=O. The fourth-order valence-corrected chi connectivity index (χ4v) is 2.50. The van der Waals surface area contributed by atoms with E-state index in [2.05, 4.69) is 24.2 Å². The van der Waals surface area contributed by atoms with Gasteiger partial charge in [-0.25, -0.2) is 4.79 Å². The van der Waals surface area contributed by atoms with Gasteiger partial charge in [0.25, 0.3) is 0 Å². The molecule has 0 aliphatic carbocycles. The van der Waals surface area contributed by atoms with Crippen LogP contribution in [0.1, 0.15) is 13.3 Å². The van der Waals surface area contributed by atoms with E-state index >= 15 is 0 Å². The number of rotatable bonds is 1. The smallest absolute Gasteiger partial charge is 0.324 e. The highest BCUT2D eigenvalue weighted by Gasteiger charge is 2.39. The van der Waals surface area contributed by atoms with Gasteiger partial charge in [-0.3, -0.25) is 9.69 Å². The van der Waals surface area contributed by atoms with E-state index < -0.39 is 0 Å². The van der Waals surface area contributed by atoms with Crippen LogP contribution in [0.15, 0.2) is 0 Å². The molecule has 0 bridgehead atoms. The fourth-order valence-electron chi connectivity index (χ4n) is 2.50. The lowest BCUT2D eigenvalue weighted by Crippen LogP contribution is -2.51. The molecule has 1 N–H and O–H groups in total. The summed E-state index contributed by atoms with van der Waals surface area (Å²) in [6, 6.07) is -0.141. The molecule has 2 fully saturated rings. The molecule has 0 aromatic carbocycles. The summed E-state index contributed by atoms with van der Waals surface area (Å²) < 4.78 is 0. The summed E-state index contributed by atoms with van der Waals surface area (Å²) in [5.41, 5.74) is 0. The maximum atomic E-state index is 11.5. The molecule has 0 radical (unpaired) electrons. The van der Waals surface area contributed by atoms with Crippen LogP contribution < -0.4 is 5.32 Å². The first-order chi connectivity index (χ1) is 7.09. The topological polar surface area (TPSA) is 52.6 Å². The zero-order valence-electron chi connectivity index (χ0n) is 9.19. The second-order valence-corrected chi connectivity index (χ2v) is 4.52. The van der Waals surface area contributed by atoms with Gasteiger partial charge in [0.05, 0.1) is 6.54 Å². The molecule has 2 aliphatic rings. The van der Waals surface area contributed by atoms with Gasteiger partial charge in [0.2, 0.25) is 5.91 Å². The third kappa shape index (κ3) is 1.84. The fraction of sp³-hybridized carbons (Fsp3) is 0.800. The van der Waals surface area contributed by atoms with Gasteiger partial charge in [0.1, 0.15) is 0 Å². The summed E-state index contributed by atoms with van der Waals surface area (Å²) in [5, 5.41) is 2.57. The van der Waals surface area contributed by atoms with E-state index in [1.807, 2.05) is 0 Å². The minimum absolute atomic E-state index is 0.0798. The Labute approximate surface area is 89.4 Å². The van der Waals surface area contributed by atoms with E-state index in [0.29, 0.717) is 5.92 Å². The van der Waals surface area contributed by atoms with Crippen molar-refractivity contribution >= 4 is 11.9 Å². The predicted octanol–water partition coefficient (Wildman–Crippen LogP) is -0.122. The van der Waals surface area contributed by atoms with Crippen molar-refractivity contribution in [3.05, 3.63) is 0 Å². The van der Waals surface area contributed by atoms with Gasteiger partial charge < -0.3 is 10.2 Å². The molecule has 0 aromatic rings. The van der Waals surface area contributed by atoms with Crippen molar-refractivity contribution in [2.24, 2.45) is 5.92 Å². The number of imide groups is 1. The van der Waals surface area contributed by atoms with Crippen LogP contribution in [-0.4, -0.2) is 54.5 Å². The molecular weight excluding hydrogens is 194 g/mol. The van der Waals surface area contributed by atoms with Gasteiger partial charge in [-0.1, -0.05) is 6.92 Å². The van der Waals surface area contributed by atoms with Crippen LogP contribution in [0.25, 0.3) is 0 Å². The second-order valence-electron chi connectivity index (χ2n) is 4.52. The van der Waals surface area contributed by atoms with E-state index in [1.54, 1.807) is 0 Å². The molecule has 15 heavy (non-hydrogen) atoms.